The second-order valence-electron chi connectivity index (χ2n) is 19.5. The maximum Gasteiger partial charge on any atom is 0.142 e. The van der Waals surface area contributed by atoms with Crippen molar-refractivity contribution in [3.63, 3.8) is 0 Å². The highest BCUT2D eigenvalue weighted by molar-refractivity contribution is 6.20. The van der Waals surface area contributed by atoms with E-state index in [1.54, 1.807) is 0 Å². The van der Waals surface area contributed by atoms with Crippen LogP contribution in [0.15, 0.2) is 124 Å². The van der Waals surface area contributed by atoms with Crippen LogP contribution in [-0.4, -0.2) is 0 Å². The maximum atomic E-state index is 6.84. The third kappa shape index (κ3) is 6.48. The lowest BCUT2D eigenvalue weighted by atomic mass is 9.97. The number of furan rings is 2. The van der Waals surface area contributed by atoms with Crippen LogP contribution in [0.5, 0.6) is 0 Å². The molecular weight excluding hydrogens is 817 g/mol. The van der Waals surface area contributed by atoms with Crippen molar-refractivity contribution in [2.45, 2.75) is 90.0 Å². The predicted molar refractivity (Wildman–Crippen MR) is 287 cm³/mol. The Morgan fingerprint density at radius 2 is 0.597 bits per heavy atom. The van der Waals surface area contributed by atoms with E-state index in [1.807, 2.05) is 0 Å². The molecule has 0 fully saturated rings. The van der Waals surface area contributed by atoms with Crippen molar-refractivity contribution in [3.8, 4) is 0 Å². The Bertz CT molecular complexity index is 3550. The molecule has 0 N–H and O–H groups in total. The van der Waals surface area contributed by atoms with E-state index in [-0.39, 0.29) is 0 Å². The molecule has 11 aromatic rings. The molecule has 0 atom stereocenters. The molecule has 0 radical (unpaired) electrons. The minimum absolute atomic E-state index is 0.866. The third-order valence-corrected chi connectivity index (χ3v) is 15.9. The number of hydrogen-bond acceptors (Lipinski definition) is 4. The molecule has 9 aromatic carbocycles. The van der Waals surface area contributed by atoms with E-state index >= 15 is 0 Å². The van der Waals surface area contributed by atoms with Crippen LogP contribution in [0.3, 0.4) is 0 Å². The van der Waals surface area contributed by atoms with Crippen molar-refractivity contribution in [1.82, 2.24) is 0 Å². The zero-order valence-corrected chi connectivity index (χ0v) is 41.2. The normalized spacial score (nSPS) is 12.0. The first-order chi connectivity index (χ1) is 32.1. The Labute approximate surface area is 394 Å². The first-order valence-corrected chi connectivity index (χ1v) is 23.7. The molecule has 0 saturated carbocycles. The molecule has 0 spiro atoms. The quantitative estimate of drug-likeness (QED) is 0.167. The van der Waals surface area contributed by atoms with E-state index in [0.717, 1.165) is 71.6 Å². The van der Waals surface area contributed by atoms with Gasteiger partial charge in [0.1, 0.15) is 22.3 Å². The Morgan fingerprint density at radius 1 is 0.269 bits per heavy atom. The lowest BCUT2D eigenvalue weighted by molar-refractivity contribution is 0.651. The van der Waals surface area contributed by atoms with Crippen LogP contribution >= 0.6 is 0 Å². The molecule has 67 heavy (non-hydrogen) atoms. The van der Waals surface area contributed by atoms with Crippen molar-refractivity contribution < 1.29 is 8.83 Å². The second-order valence-corrected chi connectivity index (χ2v) is 19.5. The van der Waals surface area contributed by atoms with Crippen LogP contribution in [-0.2, 0) is 0 Å². The van der Waals surface area contributed by atoms with Gasteiger partial charge in [0.2, 0.25) is 0 Å². The van der Waals surface area contributed by atoms with E-state index in [2.05, 4.69) is 215 Å². The number of benzene rings is 9. The van der Waals surface area contributed by atoms with Gasteiger partial charge >= 0.3 is 0 Å². The number of anilines is 6. The molecule has 11 rings (SSSR count). The van der Waals surface area contributed by atoms with Gasteiger partial charge in [0.25, 0.3) is 0 Å². The Kier molecular flexibility index (Phi) is 9.72. The molecule has 0 aliphatic rings. The van der Waals surface area contributed by atoms with Gasteiger partial charge in [-0.3, -0.25) is 0 Å². The molecule has 4 nitrogen and oxygen atoms in total. The van der Waals surface area contributed by atoms with Gasteiger partial charge in [-0.2, -0.15) is 0 Å². The highest BCUT2D eigenvalue weighted by atomic mass is 16.3. The summed E-state index contributed by atoms with van der Waals surface area (Å²) in [6.07, 6.45) is 0. The Hall–Kier alpha value is -7.30. The van der Waals surface area contributed by atoms with Gasteiger partial charge in [0, 0.05) is 61.2 Å². The minimum Gasteiger partial charge on any atom is -0.456 e. The summed E-state index contributed by atoms with van der Waals surface area (Å²) in [4.78, 5) is 4.88. The first kappa shape index (κ1) is 42.3. The van der Waals surface area contributed by atoms with Crippen molar-refractivity contribution in [2.75, 3.05) is 9.80 Å². The topological polar surface area (TPSA) is 32.8 Å². The number of aryl methyl sites for hydroxylation is 5. The molecule has 4 heteroatoms. The SMILES string of the molecule is Cc1ccc(N(c2ccc3cc4c(cc3c2)oc2c(C)c3oc5cc6cc(N(c7ccc(C)c(C)c7C)c7ccc(C)c(C)c7C)ccc6cc5c3cc24)c2ccc(C)c(C)c2C)c(C)c1C. The number of hydrogen-bond donors (Lipinski definition) is 0. The summed E-state index contributed by atoms with van der Waals surface area (Å²) < 4.78 is 13.7. The largest absolute Gasteiger partial charge is 0.456 e. The van der Waals surface area contributed by atoms with Gasteiger partial charge in [0.15, 0.2) is 0 Å². The van der Waals surface area contributed by atoms with Crippen molar-refractivity contribution >= 4 is 99.5 Å². The molecule has 332 valence electrons. The summed E-state index contributed by atoms with van der Waals surface area (Å²) in [7, 11) is 0. The molecule has 0 bridgehead atoms. The molecule has 0 amide bonds. The third-order valence-electron chi connectivity index (χ3n) is 15.9. The lowest BCUT2D eigenvalue weighted by Gasteiger charge is -2.30. The average Bonchev–Trinajstić information content (AvgIpc) is 3.87. The zero-order chi connectivity index (χ0) is 46.9. The average molecular weight is 875 g/mol. The van der Waals surface area contributed by atoms with Crippen molar-refractivity contribution in [2.24, 2.45) is 0 Å². The van der Waals surface area contributed by atoms with Gasteiger partial charge in [-0.1, -0.05) is 36.4 Å². The van der Waals surface area contributed by atoms with Crippen LogP contribution in [0.25, 0.3) is 65.4 Å². The zero-order valence-electron chi connectivity index (χ0n) is 41.2. The Balaban J connectivity index is 1.04. The van der Waals surface area contributed by atoms with E-state index in [4.69, 9.17) is 8.83 Å². The number of nitrogens with zero attached hydrogens (tertiary/aromatic N) is 2. The summed E-state index contributed by atoms with van der Waals surface area (Å²) in [5, 5.41) is 9.03. The molecule has 0 unspecified atom stereocenters. The van der Waals surface area contributed by atoms with Crippen molar-refractivity contribution in [3.05, 3.63) is 188 Å². The summed E-state index contributed by atoms with van der Waals surface area (Å²) in [6, 6.07) is 43.1. The molecular formula is C63H58N2O2. The maximum absolute atomic E-state index is 6.84. The minimum atomic E-state index is 0.866. The van der Waals surface area contributed by atoms with E-state index < -0.39 is 0 Å². The van der Waals surface area contributed by atoms with Crippen LogP contribution in [0.2, 0.25) is 0 Å². The summed E-state index contributed by atoms with van der Waals surface area (Å²) in [6.45, 7) is 28.8. The standard InChI is InChI=1S/C63H58N2O2/c1-33-14-22-56(41(9)37(33)5)64(57-23-15-34(2)38(6)42(57)10)50-20-18-46-28-52-54-32-55-53-29-47-19-21-51(27-49(47)31-61(53)67-63(55)45(13)62(54)66-60(52)30-48(46)26-50)65(58-24-16-35(3)39(7)43(58)11)59-25-17-36(4)40(8)44(59)12/h14-32H,1-13H3. The fourth-order valence-electron chi connectivity index (χ4n) is 10.6. The molecule has 2 aromatic heterocycles. The van der Waals surface area contributed by atoms with Crippen LogP contribution in [0, 0.1) is 90.0 Å². The van der Waals surface area contributed by atoms with E-state index in [1.165, 1.54) is 100 Å². The second kappa shape index (κ2) is 15.4. The summed E-state index contributed by atoms with van der Waals surface area (Å²) >= 11 is 0. The predicted octanol–water partition coefficient (Wildman–Crippen LogP) is 18.7. The van der Waals surface area contributed by atoms with Crippen LogP contribution in [0.4, 0.5) is 34.1 Å². The van der Waals surface area contributed by atoms with Crippen LogP contribution in [0.1, 0.15) is 72.3 Å². The van der Waals surface area contributed by atoms with Gasteiger partial charge < -0.3 is 18.6 Å². The number of fused-ring (bicyclic) bond motifs is 8. The monoisotopic (exact) mass is 874 g/mol. The van der Waals surface area contributed by atoms with Gasteiger partial charge in [-0.05, 0) is 257 Å². The highest BCUT2D eigenvalue weighted by Gasteiger charge is 2.24. The van der Waals surface area contributed by atoms with E-state index in [9.17, 15) is 0 Å². The fraction of sp³-hybridized carbons (Fsp3) is 0.206. The first-order valence-electron chi connectivity index (χ1n) is 23.7. The van der Waals surface area contributed by atoms with Gasteiger partial charge in [-0.25, -0.2) is 0 Å². The van der Waals surface area contributed by atoms with Gasteiger partial charge in [-0.15, -0.1) is 0 Å². The summed E-state index contributed by atoms with van der Waals surface area (Å²) in [5.74, 6) is 0. The van der Waals surface area contributed by atoms with Crippen LogP contribution < -0.4 is 9.80 Å². The Morgan fingerprint density at radius 3 is 0.925 bits per heavy atom. The highest BCUT2D eigenvalue weighted by Crippen LogP contribution is 2.46. The molecule has 2 heterocycles. The molecule has 0 aliphatic heterocycles. The smallest absolute Gasteiger partial charge is 0.142 e. The van der Waals surface area contributed by atoms with E-state index in [0.29, 0.717) is 0 Å². The summed E-state index contributed by atoms with van der Waals surface area (Å²) in [5.41, 5.74) is 27.1. The van der Waals surface area contributed by atoms with Crippen molar-refractivity contribution in [1.29, 1.82) is 0 Å². The van der Waals surface area contributed by atoms with Gasteiger partial charge in [0.05, 0.1) is 0 Å². The fourth-order valence-corrected chi connectivity index (χ4v) is 10.6. The molecule has 0 aliphatic carbocycles. The lowest BCUT2D eigenvalue weighted by Crippen LogP contribution is -2.14. The number of rotatable bonds is 6. The molecule has 0 saturated heterocycles.